The van der Waals surface area contributed by atoms with E-state index in [1.807, 2.05) is 17.8 Å². The molecule has 1 aliphatic heterocycles. The molecular weight excluding hydrogens is 278 g/mol. The second-order valence-corrected chi connectivity index (χ2v) is 7.14. The quantitative estimate of drug-likeness (QED) is 0.730. The molecule has 0 bridgehead atoms. The molecule has 1 aliphatic rings. The number of carbonyl (C=O) groups excluding carboxylic acids is 1. The minimum atomic E-state index is -0.269. The first-order valence-electron chi connectivity index (χ1n) is 8.17. The molecule has 21 heavy (non-hydrogen) atoms. The van der Waals surface area contributed by atoms with Gasteiger partial charge in [0.2, 0.25) is 0 Å². The highest BCUT2D eigenvalue weighted by atomic mass is 32.2. The van der Waals surface area contributed by atoms with Crippen LogP contribution in [0.4, 0.5) is 0 Å². The smallest absolute Gasteiger partial charge is 0.152 e. The average Bonchev–Trinajstić information content (AvgIpc) is 2.55. The van der Waals surface area contributed by atoms with Gasteiger partial charge >= 0.3 is 0 Å². The third-order valence-electron chi connectivity index (χ3n) is 4.36. The molecule has 2 nitrogen and oxygen atoms in total. The Labute approximate surface area is 133 Å². The molecule has 1 heterocycles. The van der Waals surface area contributed by atoms with Crippen molar-refractivity contribution in [1.29, 1.82) is 0 Å². The SMILES string of the molecule is CCCCCC(=O)C1(NCc2ccccc2)CCSCC1. The number of unbranched alkanes of at least 4 members (excludes halogenated alkanes) is 2. The summed E-state index contributed by atoms with van der Waals surface area (Å²) in [6.45, 7) is 2.98. The normalized spacial score (nSPS) is 17.6. The minimum absolute atomic E-state index is 0.269. The molecule has 0 aliphatic carbocycles. The Morgan fingerprint density at radius 1 is 1.19 bits per heavy atom. The first kappa shape index (κ1) is 16.6. The Morgan fingerprint density at radius 2 is 1.90 bits per heavy atom. The maximum atomic E-state index is 12.7. The molecule has 1 fully saturated rings. The highest BCUT2D eigenvalue weighted by Gasteiger charge is 2.38. The monoisotopic (exact) mass is 305 g/mol. The molecular formula is C18H27NOS. The topological polar surface area (TPSA) is 29.1 Å². The minimum Gasteiger partial charge on any atom is -0.301 e. The van der Waals surface area contributed by atoms with Gasteiger partial charge in [0.25, 0.3) is 0 Å². The van der Waals surface area contributed by atoms with Gasteiger partial charge in [0.1, 0.15) is 0 Å². The van der Waals surface area contributed by atoms with Crippen molar-refractivity contribution in [3.05, 3.63) is 35.9 Å². The number of hydrogen-bond acceptors (Lipinski definition) is 3. The zero-order valence-corrected chi connectivity index (χ0v) is 13.9. The van der Waals surface area contributed by atoms with E-state index in [9.17, 15) is 4.79 Å². The fraction of sp³-hybridized carbons (Fsp3) is 0.611. The summed E-state index contributed by atoms with van der Waals surface area (Å²) >= 11 is 1.97. The highest BCUT2D eigenvalue weighted by Crippen LogP contribution is 2.30. The van der Waals surface area contributed by atoms with E-state index in [4.69, 9.17) is 0 Å². The van der Waals surface area contributed by atoms with E-state index in [0.717, 1.165) is 50.2 Å². The second kappa shape index (κ2) is 8.60. The van der Waals surface area contributed by atoms with Gasteiger partial charge in [-0.25, -0.2) is 0 Å². The first-order chi connectivity index (χ1) is 10.3. The van der Waals surface area contributed by atoms with E-state index in [1.54, 1.807) is 0 Å². The zero-order chi connectivity index (χ0) is 15.0. The van der Waals surface area contributed by atoms with E-state index in [-0.39, 0.29) is 5.54 Å². The summed E-state index contributed by atoms with van der Waals surface area (Å²) in [6, 6.07) is 10.4. The number of ketones is 1. The standard InChI is InChI=1S/C18H27NOS/c1-2-3-5-10-17(20)18(11-13-21-14-12-18)19-15-16-8-6-4-7-9-16/h4,6-9,19H,2-3,5,10-15H2,1H3. The number of thioether (sulfide) groups is 1. The van der Waals surface area contributed by atoms with Crippen molar-refractivity contribution in [3.63, 3.8) is 0 Å². The van der Waals surface area contributed by atoms with E-state index in [2.05, 4.69) is 36.5 Å². The Morgan fingerprint density at radius 3 is 2.57 bits per heavy atom. The molecule has 3 heteroatoms. The number of Topliss-reactive ketones (excluding diaryl/α,β-unsaturated/α-hetero) is 1. The van der Waals surface area contributed by atoms with Crippen molar-refractivity contribution in [1.82, 2.24) is 5.32 Å². The summed E-state index contributed by atoms with van der Waals surface area (Å²) in [5, 5.41) is 3.62. The van der Waals surface area contributed by atoms with Crippen LogP contribution in [0, 0.1) is 0 Å². The molecule has 116 valence electrons. The zero-order valence-electron chi connectivity index (χ0n) is 13.1. The van der Waals surface area contributed by atoms with Gasteiger partial charge in [-0.3, -0.25) is 4.79 Å². The van der Waals surface area contributed by atoms with Gasteiger partial charge in [-0.15, -0.1) is 0 Å². The second-order valence-electron chi connectivity index (χ2n) is 5.91. The Bertz CT molecular complexity index is 426. The first-order valence-corrected chi connectivity index (χ1v) is 9.32. The molecule has 0 unspecified atom stereocenters. The number of benzene rings is 1. The van der Waals surface area contributed by atoms with Crippen LogP contribution in [0.2, 0.25) is 0 Å². The molecule has 0 saturated carbocycles. The van der Waals surface area contributed by atoms with E-state index in [0.29, 0.717) is 5.78 Å². The van der Waals surface area contributed by atoms with Crippen LogP contribution in [-0.2, 0) is 11.3 Å². The lowest BCUT2D eigenvalue weighted by atomic mass is 9.84. The highest BCUT2D eigenvalue weighted by molar-refractivity contribution is 7.99. The number of nitrogens with one attached hydrogen (secondary N) is 1. The van der Waals surface area contributed by atoms with Crippen molar-refractivity contribution in [2.45, 2.75) is 57.5 Å². The van der Waals surface area contributed by atoms with Gasteiger partial charge in [0.05, 0.1) is 5.54 Å². The van der Waals surface area contributed by atoms with Crippen LogP contribution in [0.3, 0.4) is 0 Å². The van der Waals surface area contributed by atoms with Crippen molar-refractivity contribution in [3.8, 4) is 0 Å². The molecule has 2 rings (SSSR count). The molecule has 0 aromatic heterocycles. The average molecular weight is 305 g/mol. The van der Waals surface area contributed by atoms with Crippen LogP contribution in [0.5, 0.6) is 0 Å². The Hall–Kier alpha value is -0.800. The summed E-state index contributed by atoms with van der Waals surface area (Å²) in [7, 11) is 0. The summed E-state index contributed by atoms with van der Waals surface area (Å²) in [5.74, 6) is 2.63. The molecule has 0 spiro atoms. The van der Waals surface area contributed by atoms with Gasteiger partial charge in [-0.05, 0) is 36.3 Å². The molecule has 0 atom stereocenters. The van der Waals surface area contributed by atoms with Crippen molar-refractivity contribution < 1.29 is 4.79 Å². The maximum absolute atomic E-state index is 12.7. The van der Waals surface area contributed by atoms with Crippen LogP contribution >= 0.6 is 11.8 Å². The number of hydrogen-bond donors (Lipinski definition) is 1. The van der Waals surface area contributed by atoms with Gasteiger partial charge in [-0.2, -0.15) is 11.8 Å². The van der Waals surface area contributed by atoms with Crippen LogP contribution in [0.15, 0.2) is 30.3 Å². The van der Waals surface area contributed by atoms with Crippen LogP contribution < -0.4 is 5.32 Å². The molecule has 1 aromatic rings. The predicted octanol–water partition coefficient (Wildman–Crippen LogP) is 4.19. The van der Waals surface area contributed by atoms with Gasteiger partial charge in [0.15, 0.2) is 5.78 Å². The van der Waals surface area contributed by atoms with Gasteiger partial charge in [0, 0.05) is 13.0 Å². The van der Waals surface area contributed by atoms with Crippen molar-refractivity contribution >= 4 is 17.5 Å². The lowest BCUT2D eigenvalue weighted by molar-refractivity contribution is -0.126. The maximum Gasteiger partial charge on any atom is 0.152 e. The molecule has 1 saturated heterocycles. The third-order valence-corrected chi connectivity index (χ3v) is 5.35. The number of carbonyl (C=O) groups is 1. The van der Waals surface area contributed by atoms with E-state index >= 15 is 0 Å². The largest absolute Gasteiger partial charge is 0.301 e. The van der Waals surface area contributed by atoms with Crippen molar-refractivity contribution in [2.75, 3.05) is 11.5 Å². The van der Waals surface area contributed by atoms with Crippen LogP contribution in [0.25, 0.3) is 0 Å². The lowest BCUT2D eigenvalue weighted by Gasteiger charge is -2.37. The summed E-state index contributed by atoms with van der Waals surface area (Å²) in [6.07, 6.45) is 6.07. The molecule has 0 amide bonds. The lowest BCUT2D eigenvalue weighted by Crippen LogP contribution is -2.54. The summed E-state index contributed by atoms with van der Waals surface area (Å²) in [4.78, 5) is 12.7. The number of rotatable bonds is 8. The fourth-order valence-corrected chi connectivity index (χ4v) is 4.11. The molecule has 1 aromatic carbocycles. The Balaban J connectivity index is 1.97. The van der Waals surface area contributed by atoms with Gasteiger partial charge < -0.3 is 5.32 Å². The van der Waals surface area contributed by atoms with Crippen molar-refractivity contribution in [2.24, 2.45) is 0 Å². The molecule has 0 radical (unpaired) electrons. The Kier molecular flexibility index (Phi) is 6.78. The third kappa shape index (κ3) is 4.86. The van der Waals surface area contributed by atoms with E-state index < -0.39 is 0 Å². The summed E-state index contributed by atoms with van der Waals surface area (Å²) < 4.78 is 0. The van der Waals surface area contributed by atoms with Gasteiger partial charge in [-0.1, -0.05) is 50.1 Å². The summed E-state index contributed by atoms with van der Waals surface area (Å²) in [5.41, 5.74) is 0.992. The van der Waals surface area contributed by atoms with Crippen LogP contribution in [0.1, 0.15) is 51.0 Å². The van der Waals surface area contributed by atoms with Crippen LogP contribution in [-0.4, -0.2) is 22.8 Å². The van der Waals surface area contributed by atoms with E-state index in [1.165, 1.54) is 12.0 Å². The fourth-order valence-electron chi connectivity index (χ4n) is 2.92. The predicted molar refractivity (Wildman–Crippen MR) is 91.7 cm³/mol. The molecule has 1 N–H and O–H groups in total.